The summed E-state index contributed by atoms with van der Waals surface area (Å²) in [4.78, 5) is 0. The molecule has 0 fully saturated rings. The van der Waals surface area contributed by atoms with Gasteiger partial charge >= 0.3 is 0 Å². The third kappa shape index (κ3) is 2.68. The molecule has 0 aliphatic heterocycles. The lowest BCUT2D eigenvalue weighted by Crippen LogP contribution is -1.93. The van der Waals surface area contributed by atoms with E-state index in [0.717, 1.165) is 29.5 Å². The van der Waals surface area contributed by atoms with Crippen LogP contribution in [0.5, 0.6) is 17.2 Å². The molecule has 0 saturated heterocycles. The van der Waals surface area contributed by atoms with Gasteiger partial charge in [-0.25, -0.2) is 0 Å². The summed E-state index contributed by atoms with van der Waals surface area (Å²) in [7, 11) is 0. The molecular weight excluding hydrogens is 264 g/mol. The Bertz CT molecular complexity index is 660. The monoisotopic (exact) mass is 286 g/mol. The van der Waals surface area contributed by atoms with Crippen molar-refractivity contribution in [3.63, 3.8) is 0 Å². The highest BCUT2D eigenvalue weighted by Gasteiger charge is 2.19. The molecule has 21 heavy (non-hydrogen) atoms. The average Bonchev–Trinajstić information content (AvgIpc) is 2.50. The van der Waals surface area contributed by atoms with Crippen molar-refractivity contribution in [3.8, 4) is 28.4 Å². The van der Waals surface area contributed by atoms with E-state index in [1.54, 1.807) is 0 Å². The van der Waals surface area contributed by atoms with Crippen LogP contribution in [-0.2, 0) is 19.3 Å². The van der Waals surface area contributed by atoms with Gasteiger partial charge < -0.3 is 15.3 Å². The zero-order valence-corrected chi connectivity index (χ0v) is 12.8. The van der Waals surface area contributed by atoms with Gasteiger partial charge in [-0.2, -0.15) is 0 Å². The van der Waals surface area contributed by atoms with Crippen molar-refractivity contribution in [1.29, 1.82) is 0 Å². The SMILES string of the molecule is CCc1ccc(CC)c(-c2c(O)cc(CC)c(O)c2O)c1. The second-order valence-electron chi connectivity index (χ2n) is 5.18. The third-order valence-corrected chi connectivity index (χ3v) is 3.95. The largest absolute Gasteiger partial charge is 0.507 e. The fraction of sp³-hybridized carbons (Fsp3) is 0.333. The Morgan fingerprint density at radius 2 is 1.43 bits per heavy atom. The van der Waals surface area contributed by atoms with Gasteiger partial charge in [0.25, 0.3) is 0 Å². The van der Waals surface area contributed by atoms with Crippen molar-refractivity contribution in [3.05, 3.63) is 41.0 Å². The second kappa shape index (κ2) is 6.08. The van der Waals surface area contributed by atoms with Crippen LogP contribution in [0.15, 0.2) is 24.3 Å². The van der Waals surface area contributed by atoms with Gasteiger partial charge in [-0.1, -0.05) is 39.0 Å². The standard InChI is InChI=1S/C18H22O3/c1-4-11-7-8-12(5-2)14(9-11)16-15(19)10-13(6-3)17(20)18(16)21/h7-10,19-21H,4-6H2,1-3H3. The highest BCUT2D eigenvalue weighted by Crippen LogP contribution is 2.46. The number of benzene rings is 2. The lowest BCUT2D eigenvalue weighted by Gasteiger charge is -2.16. The van der Waals surface area contributed by atoms with E-state index in [-0.39, 0.29) is 17.2 Å². The van der Waals surface area contributed by atoms with Crippen LogP contribution in [0.1, 0.15) is 37.5 Å². The summed E-state index contributed by atoms with van der Waals surface area (Å²) in [5.41, 5.74) is 3.79. The first kappa shape index (κ1) is 15.2. The van der Waals surface area contributed by atoms with E-state index in [1.807, 2.05) is 26.0 Å². The van der Waals surface area contributed by atoms with E-state index in [0.29, 0.717) is 17.5 Å². The van der Waals surface area contributed by atoms with Crippen LogP contribution in [0.4, 0.5) is 0 Å². The zero-order valence-electron chi connectivity index (χ0n) is 12.8. The van der Waals surface area contributed by atoms with Crippen molar-refractivity contribution in [1.82, 2.24) is 0 Å². The van der Waals surface area contributed by atoms with E-state index >= 15 is 0 Å². The first-order chi connectivity index (χ1) is 10.0. The number of aryl methyl sites for hydroxylation is 3. The van der Waals surface area contributed by atoms with E-state index < -0.39 is 0 Å². The highest BCUT2D eigenvalue weighted by molar-refractivity contribution is 5.82. The molecule has 3 heteroatoms. The molecule has 0 amide bonds. The molecule has 0 aliphatic carbocycles. The first-order valence-electron chi connectivity index (χ1n) is 7.42. The smallest absolute Gasteiger partial charge is 0.169 e. The molecule has 0 saturated carbocycles. The van der Waals surface area contributed by atoms with Crippen molar-refractivity contribution >= 4 is 0 Å². The number of phenolic OH excluding ortho intramolecular Hbond substituents is 3. The van der Waals surface area contributed by atoms with Crippen LogP contribution >= 0.6 is 0 Å². The van der Waals surface area contributed by atoms with Gasteiger partial charge in [0.1, 0.15) is 5.75 Å². The zero-order chi connectivity index (χ0) is 15.6. The Balaban J connectivity index is 2.75. The second-order valence-corrected chi connectivity index (χ2v) is 5.18. The first-order valence-corrected chi connectivity index (χ1v) is 7.42. The van der Waals surface area contributed by atoms with Gasteiger partial charge in [-0.3, -0.25) is 0 Å². The van der Waals surface area contributed by atoms with Crippen LogP contribution in [0.2, 0.25) is 0 Å². The van der Waals surface area contributed by atoms with Crippen LogP contribution in [0.25, 0.3) is 11.1 Å². The summed E-state index contributed by atoms with van der Waals surface area (Å²) in [5, 5.41) is 30.7. The molecular formula is C18H22O3. The van der Waals surface area contributed by atoms with Gasteiger partial charge in [0.2, 0.25) is 0 Å². The highest BCUT2D eigenvalue weighted by atomic mass is 16.3. The van der Waals surface area contributed by atoms with Gasteiger partial charge in [0.05, 0.1) is 5.56 Å². The van der Waals surface area contributed by atoms with Crippen LogP contribution in [-0.4, -0.2) is 15.3 Å². The number of hydrogen-bond acceptors (Lipinski definition) is 3. The molecule has 2 aromatic carbocycles. The molecule has 0 bridgehead atoms. The number of hydrogen-bond donors (Lipinski definition) is 3. The topological polar surface area (TPSA) is 60.7 Å². The Kier molecular flexibility index (Phi) is 4.41. The molecule has 0 aromatic heterocycles. The number of aromatic hydroxyl groups is 3. The molecule has 0 aliphatic rings. The van der Waals surface area contributed by atoms with E-state index in [4.69, 9.17) is 0 Å². The summed E-state index contributed by atoms with van der Waals surface area (Å²) in [6.07, 6.45) is 2.20. The summed E-state index contributed by atoms with van der Waals surface area (Å²) >= 11 is 0. The molecule has 0 atom stereocenters. The molecule has 0 heterocycles. The van der Waals surface area contributed by atoms with Crippen LogP contribution in [0, 0.1) is 0 Å². The van der Waals surface area contributed by atoms with Crippen LogP contribution < -0.4 is 0 Å². The Morgan fingerprint density at radius 3 is 2.00 bits per heavy atom. The summed E-state index contributed by atoms with van der Waals surface area (Å²) in [5.74, 6) is -0.380. The molecule has 112 valence electrons. The summed E-state index contributed by atoms with van der Waals surface area (Å²) in [6, 6.07) is 7.57. The molecule has 3 N–H and O–H groups in total. The molecule has 0 unspecified atom stereocenters. The maximum Gasteiger partial charge on any atom is 0.169 e. The van der Waals surface area contributed by atoms with E-state index in [2.05, 4.69) is 13.0 Å². The lowest BCUT2D eigenvalue weighted by molar-refractivity contribution is 0.394. The van der Waals surface area contributed by atoms with Gasteiger partial charge in [0.15, 0.2) is 11.5 Å². The fourth-order valence-corrected chi connectivity index (χ4v) is 2.62. The third-order valence-electron chi connectivity index (χ3n) is 3.95. The Hall–Kier alpha value is -2.16. The minimum Gasteiger partial charge on any atom is -0.507 e. The normalized spacial score (nSPS) is 10.8. The predicted molar refractivity (Wildman–Crippen MR) is 85.0 cm³/mol. The van der Waals surface area contributed by atoms with Crippen LogP contribution in [0.3, 0.4) is 0 Å². The maximum atomic E-state index is 10.3. The van der Waals surface area contributed by atoms with E-state index in [9.17, 15) is 15.3 Å². The average molecular weight is 286 g/mol. The van der Waals surface area contributed by atoms with Gasteiger partial charge in [-0.15, -0.1) is 0 Å². The minimum absolute atomic E-state index is 0.00473. The number of phenols is 3. The molecule has 2 rings (SSSR count). The Morgan fingerprint density at radius 1 is 0.762 bits per heavy atom. The van der Waals surface area contributed by atoms with Gasteiger partial charge in [0, 0.05) is 5.56 Å². The number of rotatable bonds is 4. The Labute approximate surface area is 125 Å². The summed E-state index contributed by atoms with van der Waals surface area (Å²) in [6.45, 7) is 5.95. The molecule has 0 radical (unpaired) electrons. The van der Waals surface area contributed by atoms with Crippen molar-refractivity contribution in [2.75, 3.05) is 0 Å². The molecule has 3 nitrogen and oxygen atoms in total. The maximum absolute atomic E-state index is 10.3. The molecule has 2 aromatic rings. The van der Waals surface area contributed by atoms with Gasteiger partial charge in [-0.05, 0) is 42.0 Å². The van der Waals surface area contributed by atoms with Crippen molar-refractivity contribution in [2.45, 2.75) is 40.0 Å². The van der Waals surface area contributed by atoms with E-state index in [1.165, 1.54) is 6.07 Å². The minimum atomic E-state index is -0.241. The molecule has 0 spiro atoms. The quantitative estimate of drug-likeness (QED) is 0.584. The van der Waals surface area contributed by atoms with Crippen molar-refractivity contribution < 1.29 is 15.3 Å². The predicted octanol–water partition coefficient (Wildman–Crippen LogP) is 4.16. The fourth-order valence-electron chi connectivity index (χ4n) is 2.62. The lowest BCUT2D eigenvalue weighted by atomic mass is 9.92. The van der Waals surface area contributed by atoms with Crippen molar-refractivity contribution in [2.24, 2.45) is 0 Å². The summed E-state index contributed by atoms with van der Waals surface area (Å²) < 4.78 is 0.